The minimum absolute atomic E-state index is 0.122. The summed E-state index contributed by atoms with van der Waals surface area (Å²) in [6.45, 7) is 1.41. The fourth-order valence-electron chi connectivity index (χ4n) is 3.93. The highest BCUT2D eigenvalue weighted by atomic mass is 19.4. The summed E-state index contributed by atoms with van der Waals surface area (Å²) in [5.74, 6) is -2.89. The Kier molecular flexibility index (Phi) is 5.72. The van der Waals surface area contributed by atoms with Crippen LogP contribution in [0.5, 0.6) is 0 Å². The molecule has 1 atom stereocenters. The van der Waals surface area contributed by atoms with Crippen LogP contribution >= 0.6 is 0 Å². The van der Waals surface area contributed by atoms with Gasteiger partial charge in [0, 0.05) is 26.1 Å². The van der Waals surface area contributed by atoms with Gasteiger partial charge in [-0.05, 0) is 35.9 Å². The van der Waals surface area contributed by atoms with Gasteiger partial charge in [0.25, 0.3) is 5.91 Å². The van der Waals surface area contributed by atoms with Gasteiger partial charge in [-0.15, -0.1) is 0 Å². The van der Waals surface area contributed by atoms with Gasteiger partial charge in [0.2, 0.25) is 0 Å². The highest BCUT2D eigenvalue weighted by Crippen LogP contribution is 2.36. The number of hydrogen-bond donors (Lipinski definition) is 0. The molecule has 168 valence electrons. The number of anilines is 1. The summed E-state index contributed by atoms with van der Waals surface area (Å²) >= 11 is 0. The Morgan fingerprint density at radius 3 is 2.72 bits per heavy atom. The number of hydrazone groups is 1. The first kappa shape index (κ1) is 21.9. The zero-order chi connectivity index (χ0) is 23.0. The normalized spacial score (nSPS) is 19.0. The van der Waals surface area contributed by atoms with Gasteiger partial charge in [-0.2, -0.15) is 18.3 Å². The SMILES string of the molecule is COC(=O)c1cccc(CN2CCC3=NN(c4ccc(F)c(C(F)(F)F)c4)C(=O)C3C2)c1. The summed E-state index contributed by atoms with van der Waals surface area (Å²) in [5.41, 5.74) is 0.313. The van der Waals surface area contributed by atoms with Crippen LogP contribution in [-0.2, 0) is 22.3 Å². The van der Waals surface area contributed by atoms with Crippen LogP contribution in [-0.4, -0.2) is 42.7 Å². The third kappa shape index (κ3) is 4.22. The van der Waals surface area contributed by atoms with Gasteiger partial charge in [-0.1, -0.05) is 12.1 Å². The fourth-order valence-corrected chi connectivity index (χ4v) is 3.93. The summed E-state index contributed by atoms with van der Waals surface area (Å²) < 4.78 is 57.5. The van der Waals surface area contributed by atoms with Gasteiger partial charge in [-0.25, -0.2) is 14.2 Å². The highest BCUT2D eigenvalue weighted by molar-refractivity contribution is 6.16. The monoisotopic (exact) mass is 449 g/mol. The number of esters is 1. The molecule has 4 rings (SSSR count). The molecule has 2 aromatic carbocycles. The Morgan fingerprint density at radius 2 is 2.00 bits per heavy atom. The lowest BCUT2D eigenvalue weighted by Gasteiger charge is -2.30. The largest absolute Gasteiger partial charge is 0.465 e. The van der Waals surface area contributed by atoms with Gasteiger partial charge < -0.3 is 4.74 Å². The van der Waals surface area contributed by atoms with E-state index in [9.17, 15) is 27.2 Å². The molecule has 2 aliphatic rings. The van der Waals surface area contributed by atoms with Gasteiger partial charge in [0.1, 0.15) is 5.82 Å². The number of halogens is 4. The van der Waals surface area contributed by atoms with E-state index in [1.54, 1.807) is 18.2 Å². The van der Waals surface area contributed by atoms with Crippen LogP contribution in [0, 0.1) is 11.7 Å². The number of carbonyl (C=O) groups is 2. The Bertz CT molecular complexity index is 1100. The van der Waals surface area contributed by atoms with Crippen molar-refractivity contribution in [1.29, 1.82) is 0 Å². The van der Waals surface area contributed by atoms with E-state index < -0.39 is 35.4 Å². The number of benzene rings is 2. The second-order valence-electron chi connectivity index (χ2n) is 7.63. The molecule has 0 N–H and O–H groups in total. The maximum absolute atomic E-state index is 13.6. The summed E-state index contributed by atoms with van der Waals surface area (Å²) in [5, 5.41) is 5.15. The molecule has 1 fully saturated rings. The number of carbonyl (C=O) groups excluding carboxylic acids is 2. The molecule has 1 amide bonds. The Hall–Kier alpha value is -3.27. The zero-order valence-corrected chi connectivity index (χ0v) is 17.0. The van der Waals surface area contributed by atoms with Crippen LogP contribution < -0.4 is 5.01 Å². The Morgan fingerprint density at radius 1 is 1.22 bits per heavy atom. The van der Waals surface area contributed by atoms with Crippen LogP contribution in [0.3, 0.4) is 0 Å². The number of fused-ring (bicyclic) bond motifs is 1. The van der Waals surface area contributed by atoms with E-state index in [4.69, 9.17) is 4.74 Å². The molecule has 0 saturated carbocycles. The smallest absolute Gasteiger partial charge is 0.419 e. The van der Waals surface area contributed by atoms with Crippen molar-refractivity contribution < 1.29 is 31.9 Å². The zero-order valence-electron chi connectivity index (χ0n) is 17.0. The first-order valence-corrected chi connectivity index (χ1v) is 9.85. The standard InChI is InChI=1S/C22H19F4N3O3/c1-32-21(31)14-4-2-3-13(9-14)11-28-8-7-19-16(12-28)20(30)29(27-19)15-5-6-18(23)17(10-15)22(24,25)26/h2-6,9-10,16H,7-8,11-12H2,1H3. The molecule has 0 aliphatic carbocycles. The van der Waals surface area contributed by atoms with Crippen molar-refractivity contribution in [2.75, 3.05) is 25.2 Å². The Labute approximate surface area is 181 Å². The van der Waals surface area contributed by atoms with Crippen LogP contribution in [0.2, 0.25) is 0 Å². The van der Waals surface area contributed by atoms with Crippen molar-refractivity contribution >= 4 is 23.3 Å². The second-order valence-corrected chi connectivity index (χ2v) is 7.63. The number of nitrogens with zero attached hydrogens (tertiary/aromatic N) is 3. The number of piperidine rings is 1. The molecule has 0 radical (unpaired) electrons. The topological polar surface area (TPSA) is 62.2 Å². The van der Waals surface area contributed by atoms with Crippen LogP contribution in [0.15, 0.2) is 47.6 Å². The molecule has 1 unspecified atom stereocenters. The minimum atomic E-state index is -4.88. The molecule has 2 aliphatic heterocycles. The van der Waals surface area contributed by atoms with E-state index in [1.807, 2.05) is 11.0 Å². The first-order chi connectivity index (χ1) is 15.2. The van der Waals surface area contributed by atoms with E-state index in [0.29, 0.717) is 49.5 Å². The number of hydrogen-bond acceptors (Lipinski definition) is 5. The average Bonchev–Trinajstić information content (AvgIpc) is 3.09. The van der Waals surface area contributed by atoms with Crippen molar-refractivity contribution in [2.24, 2.45) is 11.0 Å². The van der Waals surface area contributed by atoms with E-state index in [0.717, 1.165) is 16.6 Å². The van der Waals surface area contributed by atoms with Crippen LogP contribution in [0.4, 0.5) is 23.2 Å². The van der Waals surface area contributed by atoms with E-state index in [-0.39, 0.29) is 5.69 Å². The van der Waals surface area contributed by atoms with Crippen molar-refractivity contribution in [3.8, 4) is 0 Å². The number of methoxy groups -OCH3 is 1. The maximum atomic E-state index is 13.6. The lowest BCUT2D eigenvalue weighted by atomic mass is 9.95. The maximum Gasteiger partial charge on any atom is 0.419 e. The molecule has 0 bridgehead atoms. The van der Waals surface area contributed by atoms with E-state index in [2.05, 4.69) is 5.10 Å². The molecular weight excluding hydrogens is 430 g/mol. The van der Waals surface area contributed by atoms with Gasteiger partial charge >= 0.3 is 12.1 Å². The lowest BCUT2D eigenvalue weighted by Crippen LogP contribution is -2.43. The van der Waals surface area contributed by atoms with Crippen molar-refractivity contribution in [2.45, 2.75) is 19.1 Å². The molecule has 0 spiro atoms. The number of likely N-dealkylation sites (tertiary alicyclic amines) is 1. The summed E-state index contributed by atoms with van der Waals surface area (Å²) in [6.07, 6.45) is -4.41. The van der Waals surface area contributed by atoms with Crippen LogP contribution in [0.25, 0.3) is 0 Å². The van der Waals surface area contributed by atoms with Crippen molar-refractivity contribution in [3.05, 3.63) is 65.0 Å². The average molecular weight is 449 g/mol. The van der Waals surface area contributed by atoms with E-state index in [1.165, 1.54) is 7.11 Å². The number of ether oxygens (including phenoxy) is 1. The van der Waals surface area contributed by atoms with Gasteiger partial charge in [0.05, 0.1) is 35.6 Å². The summed E-state index contributed by atoms with van der Waals surface area (Å²) in [4.78, 5) is 26.7. The fraction of sp³-hybridized carbons (Fsp3) is 0.318. The molecule has 2 heterocycles. The predicted molar refractivity (Wildman–Crippen MR) is 107 cm³/mol. The number of amides is 1. The predicted octanol–water partition coefficient (Wildman–Crippen LogP) is 3.86. The molecule has 10 heteroatoms. The molecule has 32 heavy (non-hydrogen) atoms. The summed E-state index contributed by atoms with van der Waals surface area (Å²) in [7, 11) is 1.30. The first-order valence-electron chi connectivity index (χ1n) is 9.85. The second kappa shape index (κ2) is 8.34. The molecule has 0 aromatic heterocycles. The van der Waals surface area contributed by atoms with E-state index >= 15 is 0 Å². The quantitative estimate of drug-likeness (QED) is 0.526. The minimum Gasteiger partial charge on any atom is -0.465 e. The number of rotatable bonds is 4. The molecule has 1 saturated heterocycles. The molecular formula is C22H19F4N3O3. The highest BCUT2D eigenvalue weighted by Gasteiger charge is 2.41. The van der Waals surface area contributed by atoms with Gasteiger partial charge in [0.15, 0.2) is 0 Å². The molecule has 6 nitrogen and oxygen atoms in total. The van der Waals surface area contributed by atoms with Crippen molar-refractivity contribution in [3.63, 3.8) is 0 Å². The van der Waals surface area contributed by atoms with Crippen LogP contribution in [0.1, 0.15) is 27.9 Å². The molecule has 2 aromatic rings. The summed E-state index contributed by atoms with van der Waals surface area (Å²) in [6, 6.07) is 9.37. The third-order valence-corrected chi connectivity index (χ3v) is 5.52. The lowest BCUT2D eigenvalue weighted by molar-refractivity contribution is -0.140. The third-order valence-electron chi connectivity index (χ3n) is 5.52. The Balaban J connectivity index is 1.49. The van der Waals surface area contributed by atoms with Gasteiger partial charge in [-0.3, -0.25) is 9.69 Å². The van der Waals surface area contributed by atoms with Crippen molar-refractivity contribution in [1.82, 2.24) is 4.90 Å². The number of alkyl halides is 3.